The lowest BCUT2D eigenvalue weighted by Crippen LogP contribution is -2.11. The smallest absolute Gasteiger partial charge is 0.0541 e. The molecule has 0 aliphatic heterocycles. The summed E-state index contributed by atoms with van der Waals surface area (Å²) >= 11 is 0. The highest BCUT2D eigenvalue weighted by atomic mass is 15.0. The fourth-order valence-electron chi connectivity index (χ4n) is 1.13. The minimum absolute atomic E-state index is 0.848. The maximum Gasteiger partial charge on any atom is 0.0541 e. The molecule has 1 aromatic rings. The van der Waals surface area contributed by atoms with Crippen LogP contribution in [-0.4, -0.2) is 37.6 Å². The van der Waals surface area contributed by atoms with E-state index in [1.165, 1.54) is 13.0 Å². The highest BCUT2D eigenvalue weighted by Crippen LogP contribution is 1.89. The summed E-state index contributed by atoms with van der Waals surface area (Å²) in [7, 11) is 6.08. The van der Waals surface area contributed by atoms with Crippen LogP contribution in [0.3, 0.4) is 0 Å². The summed E-state index contributed by atoms with van der Waals surface area (Å²) < 4.78 is 0. The van der Waals surface area contributed by atoms with Crippen molar-refractivity contribution in [1.29, 1.82) is 0 Å². The van der Waals surface area contributed by atoms with Gasteiger partial charge in [0.2, 0.25) is 0 Å². The van der Waals surface area contributed by atoms with Crippen LogP contribution >= 0.6 is 0 Å². The molecule has 1 heterocycles. The highest BCUT2D eigenvalue weighted by Gasteiger charge is 1.85. The van der Waals surface area contributed by atoms with E-state index in [1.54, 1.807) is 6.20 Å². The van der Waals surface area contributed by atoms with Crippen LogP contribution in [0.4, 0.5) is 0 Å². The van der Waals surface area contributed by atoms with Crippen molar-refractivity contribution < 1.29 is 0 Å². The lowest BCUT2D eigenvalue weighted by atomic mass is 10.3. The number of hydrogen-bond donors (Lipinski definition) is 1. The van der Waals surface area contributed by atoms with E-state index in [-0.39, 0.29) is 0 Å². The first-order chi connectivity index (χ1) is 8.20. The molecule has 0 fully saturated rings. The summed E-state index contributed by atoms with van der Waals surface area (Å²) in [5.41, 5.74) is 1.08. The Balaban J connectivity index is 0. The Labute approximate surface area is 107 Å². The van der Waals surface area contributed by atoms with E-state index >= 15 is 0 Å². The molecule has 1 aromatic heterocycles. The van der Waals surface area contributed by atoms with Gasteiger partial charge in [0.25, 0.3) is 0 Å². The van der Waals surface area contributed by atoms with Crippen molar-refractivity contribution in [3.8, 4) is 0 Å². The van der Waals surface area contributed by atoms with Gasteiger partial charge in [0.05, 0.1) is 5.69 Å². The van der Waals surface area contributed by atoms with Gasteiger partial charge < -0.3 is 10.2 Å². The molecular weight excluding hydrogens is 210 g/mol. The number of hydrogen-bond acceptors (Lipinski definition) is 3. The van der Waals surface area contributed by atoms with Crippen LogP contribution in [0.25, 0.3) is 0 Å². The molecule has 3 nitrogen and oxygen atoms in total. The Morgan fingerprint density at radius 2 is 1.88 bits per heavy atom. The maximum absolute atomic E-state index is 4.11. The van der Waals surface area contributed by atoms with Gasteiger partial charge in [-0.1, -0.05) is 26.8 Å². The molecule has 17 heavy (non-hydrogen) atoms. The van der Waals surface area contributed by atoms with Crippen molar-refractivity contribution in [2.45, 2.75) is 33.7 Å². The van der Waals surface area contributed by atoms with Gasteiger partial charge >= 0.3 is 0 Å². The Morgan fingerprint density at radius 1 is 1.24 bits per heavy atom. The molecule has 0 saturated carbocycles. The van der Waals surface area contributed by atoms with Gasteiger partial charge in [0, 0.05) is 12.7 Å². The average molecular weight is 239 g/mol. The van der Waals surface area contributed by atoms with Gasteiger partial charge in [0.1, 0.15) is 0 Å². The molecular formula is C14H29N3. The van der Waals surface area contributed by atoms with E-state index < -0.39 is 0 Å². The predicted octanol–water partition coefficient (Wildman–Crippen LogP) is 2.79. The van der Waals surface area contributed by atoms with Crippen molar-refractivity contribution in [2.24, 2.45) is 0 Å². The predicted molar refractivity (Wildman–Crippen MR) is 77.2 cm³/mol. The first-order valence-corrected chi connectivity index (χ1v) is 6.40. The molecule has 100 valence electrons. The van der Waals surface area contributed by atoms with E-state index in [0.717, 1.165) is 12.2 Å². The third-order valence-electron chi connectivity index (χ3n) is 1.75. The van der Waals surface area contributed by atoms with E-state index in [1.807, 2.05) is 39.1 Å². The number of aromatic nitrogens is 1. The number of pyridine rings is 1. The third kappa shape index (κ3) is 15.1. The maximum atomic E-state index is 4.11. The van der Waals surface area contributed by atoms with E-state index in [9.17, 15) is 0 Å². The molecule has 0 atom stereocenters. The van der Waals surface area contributed by atoms with E-state index in [2.05, 4.69) is 36.2 Å². The minimum Gasteiger partial charge on any atom is -0.314 e. The molecule has 0 bridgehead atoms. The summed E-state index contributed by atoms with van der Waals surface area (Å²) in [6, 6.07) is 5.90. The molecule has 0 amide bonds. The third-order valence-corrected chi connectivity index (χ3v) is 1.75. The number of nitrogens with zero attached hydrogens (tertiary/aromatic N) is 2. The standard InChI is InChI=1S/C7H10N2.C5H13N.C2H6/c1-8-6-7-4-2-3-5-9-7;1-4-5-6(2)3;1-2/h2-5,8H,6H2,1H3;4-5H2,1-3H3;1-2H3. The van der Waals surface area contributed by atoms with Crippen molar-refractivity contribution in [3.05, 3.63) is 30.1 Å². The monoisotopic (exact) mass is 239 g/mol. The van der Waals surface area contributed by atoms with Crippen LogP contribution in [0.5, 0.6) is 0 Å². The largest absolute Gasteiger partial charge is 0.314 e. The summed E-state index contributed by atoms with van der Waals surface area (Å²) in [6.45, 7) is 8.24. The lowest BCUT2D eigenvalue weighted by Gasteiger charge is -2.03. The van der Waals surface area contributed by atoms with Crippen LogP contribution in [-0.2, 0) is 6.54 Å². The number of rotatable bonds is 4. The molecule has 0 saturated heterocycles. The van der Waals surface area contributed by atoms with Crippen molar-refractivity contribution in [3.63, 3.8) is 0 Å². The molecule has 1 rings (SSSR count). The zero-order chi connectivity index (χ0) is 13.5. The van der Waals surface area contributed by atoms with E-state index in [0.29, 0.717) is 0 Å². The van der Waals surface area contributed by atoms with Crippen LogP contribution < -0.4 is 5.32 Å². The van der Waals surface area contributed by atoms with Crippen molar-refractivity contribution >= 4 is 0 Å². The van der Waals surface area contributed by atoms with Crippen molar-refractivity contribution in [2.75, 3.05) is 27.7 Å². The molecule has 0 aromatic carbocycles. The number of nitrogens with one attached hydrogen (secondary N) is 1. The summed E-state index contributed by atoms with van der Waals surface area (Å²) in [5, 5.41) is 3.02. The second kappa shape index (κ2) is 15.1. The first-order valence-electron chi connectivity index (χ1n) is 6.40. The van der Waals surface area contributed by atoms with E-state index in [4.69, 9.17) is 0 Å². The Hall–Kier alpha value is -0.930. The minimum atomic E-state index is 0.848. The second-order valence-electron chi connectivity index (χ2n) is 3.65. The Bertz CT molecular complexity index is 222. The molecule has 3 heteroatoms. The first kappa shape index (κ1) is 18.4. The van der Waals surface area contributed by atoms with Gasteiger partial charge in [-0.3, -0.25) is 4.98 Å². The molecule has 0 aliphatic carbocycles. The molecule has 0 radical (unpaired) electrons. The summed E-state index contributed by atoms with van der Waals surface area (Å²) in [6.07, 6.45) is 3.06. The van der Waals surface area contributed by atoms with Gasteiger partial charge in [-0.2, -0.15) is 0 Å². The molecule has 0 aliphatic rings. The Kier molecular flexibility index (Phi) is 16.3. The van der Waals surface area contributed by atoms with Gasteiger partial charge in [-0.15, -0.1) is 0 Å². The van der Waals surface area contributed by atoms with Gasteiger partial charge in [0.15, 0.2) is 0 Å². The summed E-state index contributed by atoms with van der Waals surface area (Å²) in [5.74, 6) is 0. The van der Waals surface area contributed by atoms with Crippen LogP contribution in [0, 0.1) is 0 Å². The van der Waals surface area contributed by atoms with Crippen LogP contribution in [0.15, 0.2) is 24.4 Å². The second-order valence-corrected chi connectivity index (χ2v) is 3.65. The molecule has 1 N–H and O–H groups in total. The normalized spacial score (nSPS) is 8.88. The highest BCUT2D eigenvalue weighted by molar-refractivity contribution is 5.02. The molecule has 0 spiro atoms. The zero-order valence-corrected chi connectivity index (χ0v) is 12.3. The zero-order valence-electron chi connectivity index (χ0n) is 12.3. The van der Waals surface area contributed by atoms with Gasteiger partial charge in [-0.05, 0) is 46.2 Å². The topological polar surface area (TPSA) is 28.2 Å². The van der Waals surface area contributed by atoms with Crippen molar-refractivity contribution in [1.82, 2.24) is 15.2 Å². The Morgan fingerprint density at radius 3 is 2.18 bits per heavy atom. The fraction of sp³-hybridized carbons (Fsp3) is 0.643. The summed E-state index contributed by atoms with van der Waals surface area (Å²) in [4.78, 5) is 6.29. The lowest BCUT2D eigenvalue weighted by molar-refractivity contribution is 0.408. The average Bonchev–Trinajstić information content (AvgIpc) is 2.34. The van der Waals surface area contributed by atoms with Crippen LogP contribution in [0.2, 0.25) is 0 Å². The van der Waals surface area contributed by atoms with Crippen LogP contribution in [0.1, 0.15) is 32.9 Å². The quantitative estimate of drug-likeness (QED) is 0.875. The molecule has 0 unspecified atom stereocenters. The van der Waals surface area contributed by atoms with Gasteiger partial charge in [-0.25, -0.2) is 0 Å². The SMILES string of the molecule is CC.CCCN(C)C.CNCc1ccccn1. The fourth-order valence-corrected chi connectivity index (χ4v) is 1.13.